The number of ether oxygens (including phenoxy) is 1. The highest BCUT2D eigenvalue weighted by molar-refractivity contribution is 4.99. The van der Waals surface area contributed by atoms with Crippen molar-refractivity contribution in [1.82, 2.24) is 5.32 Å². The molecule has 2 atom stereocenters. The molecule has 0 aliphatic rings. The Morgan fingerprint density at radius 3 is 2.43 bits per heavy atom. The zero-order chi connectivity index (χ0) is 11.0. The lowest BCUT2D eigenvalue weighted by atomic mass is 10.0. The van der Waals surface area contributed by atoms with E-state index in [4.69, 9.17) is 11.2 Å². The van der Waals surface area contributed by atoms with Gasteiger partial charge in [0.2, 0.25) is 0 Å². The molecule has 0 aromatic rings. The standard InChI is InChI=1S/C12H23NO/c1-6-8-11(7-2)13-12(9-14-5)10(3)4/h2,10-13H,6,8-9H2,1,3-5H3. The molecule has 0 saturated heterocycles. The minimum atomic E-state index is 0.183. The van der Waals surface area contributed by atoms with Crippen molar-refractivity contribution in [2.45, 2.75) is 45.7 Å². The predicted molar refractivity (Wildman–Crippen MR) is 61.2 cm³/mol. The van der Waals surface area contributed by atoms with E-state index in [-0.39, 0.29) is 6.04 Å². The SMILES string of the molecule is C#CC(CCC)NC(COC)C(C)C. The second-order valence-corrected chi connectivity index (χ2v) is 3.98. The molecule has 0 saturated carbocycles. The number of nitrogens with one attached hydrogen (secondary N) is 1. The molecule has 14 heavy (non-hydrogen) atoms. The Kier molecular flexibility index (Phi) is 7.55. The molecule has 0 rings (SSSR count). The number of rotatable bonds is 7. The van der Waals surface area contributed by atoms with Crippen LogP contribution in [0.5, 0.6) is 0 Å². The fourth-order valence-electron chi connectivity index (χ4n) is 1.37. The maximum atomic E-state index is 5.45. The summed E-state index contributed by atoms with van der Waals surface area (Å²) < 4.78 is 5.16. The van der Waals surface area contributed by atoms with E-state index in [0.717, 1.165) is 19.4 Å². The van der Waals surface area contributed by atoms with Gasteiger partial charge in [0, 0.05) is 13.2 Å². The van der Waals surface area contributed by atoms with E-state index in [0.29, 0.717) is 12.0 Å². The van der Waals surface area contributed by atoms with Crippen LogP contribution < -0.4 is 5.32 Å². The van der Waals surface area contributed by atoms with Gasteiger partial charge in [0.1, 0.15) is 0 Å². The Labute approximate surface area is 88.4 Å². The Balaban J connectivity index is 4.05. The molecule has 0 fully saturated rings. The lowest BCUT2D eigenvalue weighted by molar-refractivity contribution is 0.143. The van der Waals surface area contributed by atoms with Crippen molar-refractivity contribution in [3.05, 3.63) is 0 Å². The third-order valence-electron chi connectivity index (χ3n) is 2.34. The molecule has 0 heterocycles. The first-order chi connectivity index (χ1) is 6.65. The van der Waals surface area contributed by atoms with Crippen molar-refractivity contribution in [1.29, 1.82) is 0 Å². The zero-order valence-corrected chi connectivity index (χ0v) is 9.84. The van der Waals surface area contributed by atoms with Crippen LogP contribution in [0, 0.1) is 18.3 Å². The van der Waals surface area contributed by atoms with Crippen LogP contribution in [0.4, 0.5) is 0 Å². The molecular weight excluding hydrogens is 174 g/mol. The number of methoxy groups -OCH3 is 1. The summed E-state index contributed by atoms with van der Waals surface area (Å²) in [5.41, 5.74) is 0. The van der Waals surface area contributed by atoms with Gasteiger partial charge in [-0.15, -0.1) is 6.42 Å². The molecule has 0 aliphatic heterocycles. The minimum absolute atomic E-state index is 0.183. The van der Waals surface area contributed by atoms with E-state index in [9.17, 15) is 0 Å². The fourth-order valence-corrected chi connectivity index (χ4v) is 1.37. The van der Waals surface area contributed by atoms with Crippen LogP contribution in [0.25, 0.3) is 0 Å². The van der Waals surface area contributed by atoms with Crippen LogP contribution in [-0.4, -0.2) is 25.8 Å². The van der Waals surface area contributed by atoms with Gasteiger partial charge in [0.05, 0.1) is 12.6 Å². The highest BCUT2D eigenvalue weighted by Gasteiger charge is 2.16. The third kappa shape index (κ3) is 5.26. The lowest BCUT2D eigenvalue weighted by Crippen LogP contribution is -2.43. The number of hydrogen-bond acceptors (Lipinski definition) is 2. The van der Waals surface area contributed by atoms with Crippen molar-refractivity contribution >= 4 is 0 Å². The predicted octanol–water partition coefficient (Wildman–Crippen LogP) is 2.05. The average molecular weight is 197 g/mol. The molecule has 0 aromatic heterocycles. The van der Waals surface area contributed by atoms with Crippen molar-refractivity contribution in [3.8, 4) is 12.3 Å². The monoisotopic (exact) mass is 197 g/mol. The van der Waals surface area contributed by atoms with Gasteiger partial charge < -0.3 is 4.74 Å². The first-order valence-corrected chi connectivity index (χ1v) is 5.36. The largest absolute Gasteiger partial charge is 0.383 e. The molecule has 82 valence electrons. The van der Waals surface area contributed by atoms with Gasteiger partial charge in [0.25, 0.3) is 0 Å². The van der Waals surface area contributed by atoms with Crippen molar-refractivity contribution in [2.24, 2.45) is 5.92 Å². The van der Waals surface area contributed by atoms with Gasteiger partial charge >= 0.3 is 0 Å². The third-order valence-corrected chi connectivity index (χ3v) is 2.34. The van der Waals surface area contributed by atoms with Crippen LogP contribution in [0.15, 0.2) is 0 Å². The lowest BCUT2D eigenvalue weighted by Gasteiger charge is -2.25. The van der Waals surface area contributed by atoms with Crippen LogP contribution >= 0.6 is 0 Å². The van der Waals surface area contributed by atoms with Gasteiger partial charge in [-0.2, -0.15) is 0 Å². The van der Waals surface area contributed by atoms with E-state index in [1.165, 1.54) is 0 Å². The maximum Gasteiger partial charge on any atom is 0.0689 e. The topological polar surface area (TPSA) is 21.3 Å². The van der Waals surface area contributed by atoms with E-state index >= 15 is 0 Å². The Bertz CT molecular complexity index is 172. The Hall–Kier alpha value is -0.520. The molecule has 1 N–H and O–H groups in total. The van der Waals surface area contributed by atoms with E-state index < -0.39 is 0 Å². The molecular formula is C12H23NO. The van der Waals surface area contributed by atoms with Gasteiger partial charge in [-0.25, -0.2) is 0 Å². The molecule has 0 amide bonds. The molecule has 2 nitrogen and oxygen atoms in total. The smallest absolute Gasteiger partial charge is 0.0689 e. The molecule has 2 unspecified atom stereocenters. The van der Waals surface area contributed by atoms with E-state index in [2.05, 4.69) is 32.0 Å². The Morgan fingerprint density at radius 2 is 2.07 bits per heavy atom. The fraction of sp³-hybridized carbons (Fsp3) is 0.833. The van der Waals surface area contributed by atoms with Crippen LogP contribution in [-0.2, 0) is 4.74 Å². The highest BCUT2D eigenvalue weighted by Crippen LogP contribution is 2.05. The van der Waals surface area contributed by atoms with Crippen LogP contribution in [0.2, 0.25) is 0 Å². The van der Waals surface area contributed by atoms with Crippen LogP contribution in [0.1, 0.15) is 33.6 Å². The summed E-state index contributed by atoms with van der Waals surface area (Å²) in [6, 6.07) is 0.537. The van der Waals surface area contributed by atoms with Gasteiger partial charge in [-0.05, 0) is 12.3 Å². The maximum absolute atomic E-state index is 5.45. The normalized spacial score (nSPS) is 15.1. The van der Waals surface area contributed by atoms with Crippen LogP contribution in [0.3, 0.4) is 0 Å². The second-order valence-electron chi connectivity index (χ2n) is 3.98. The number of hydrogen-bond donors (Lipinski definition) is 1. The van der Waals surface area contributed by atoms with E-state index in [1.807, 2.05) is 0 Å². The molecule has 0 aliphatic carbocycles. The minimum Gasteiger partial charge on any atom is -0.383 e. The molecule has 0 spiro atoms. The second kappa shape index (κ2) is 7.84. The summed E-state index contributed by atoms with van der Waals surface area (Å²) in [5.74, 6) is 3.32. The quantitative estimate of drug-likeness (QED) is 0.631. The molecule has 0 bridgehead atoms. The summed E-state index contributed by atoms with van der Waals surface area (Å²) in [6.45, 7) is 7.22. The average Bonchev–Trinajstić information content (AvgIpc) is 2.15. The summed E-state index contributed by atoms with van der Waals surface area (Å²) >= 11 is 0. The molecule has 0 radical (unpaired) electrons. The summed E-state index contributed by atoms with van der Waals surface area (Å²) in [5, 5.41) is 3.44. The summed E-state index contributed by atoms with van der Waals surface area (Å²) in [6.07, 6.45) is 7.59. The van der Waals surface area contributed by atoms with Gasteiger partial charge in [-0.1, -0.05) is 33.1 Å². The summed E-state index contributed by atoms with van der Waals surface area (Å²) in [7, 11) is 1.72. The van der Waals surface area contributed by atoms with Gasteiger partial charge in [0.15, 0.2) is 0 Å². The van der Waals surface area contributed by atoms with Gasteiger partial charge in [-0.3, -0.25) is 5.32 Å². The number of terminal acetylenes is 1. The van der Waals surface area contributed by atoms with Crippen molar-refractivity contribution in [3.63, 3.8) is 0 Å². The van der Waals surface area contributed by atoms with E-state index in [1.54, 1.807) is 7.11 Å². The summed E-state index contributed by atoms with van der Waals surface area (Å²) in [4.78, 5) is 0. The van der Waals surface area contributed by atoms with Crippen molar-refractivity contribution in [2.75, 3.05) is 13.7 Å². The first-order valence-electron chi connectivity index (χ1n) is 5.36. The van der Waals surface area contributed by atoms with Crippen molar-refractivity contribution < 1.29 is 4.74 Å². The Morgan fingerprint density at radius 1 is 1.43 bits per heavy atom. The molecule has 2 heteroatoms. The highest BCUT2D eigenvalue weighted by atomic mass is 16.5. The zero-order valence-electron chi connectivity index (χ0n) is 9.84. The molecule has 0 aromatic carbocycles. The first kappa shape index (κ1) is 13.5.